The van der Waals surface area contributed by atoms with E-state index in [1.165, 1.54) is 0 Å². The highest BCUT2D eigenvalue weighted by Crippen LogP contribution is 2.17. The van der Waals surface area contributed by atoms with Crippen LogP contribution in [0.5, 0.6) is 5.75 Å². The predicted octanol–water partition coefficient (Wildman–Crippen LogP) is 3.06. The minimum Gasteiger partial charge on any atom is -0.492 e. The fourth-order valence-electron chi connectivity index (χ4n) is 2.23. The molecule has 1 unspecified atom stereocenters. The number of likely N-dealkylation sites (N-methyl/N-ethyl adjacent to an activating group) is 1. The average Bonchev–Trinajstić information content (AvgIpc) is 2.87. The topological polar surface area (TPSA) is 39.1 Å². The third-order valence-electron chi connectivity index (χ3n) is 3.38. The summed E-state index contributed by atoms with van der Waals surface area (Å²) in [5, 5.41) is 4.15. The van der Waals surface area contributed by atoms with Crippen molar-refractivity contribution in [1.29, 1.82) is 0 Å². The van der Waals surface area contributed by atoms with E-state index in [9.17, 15) is 0 Å². The number of nitrogens with one attached hydrogen (secondary N) is 1. The van der Waals surface area contributed by atoms with Gasteiger partial charge >= 0.3 is 0 Å². The van der Waals surface area contributed by atoms with E-state index in [4.69, 9.17) is 16.3 Å². The fraction of sp³-hybridized carbons (Fsp3) is 0.438. The minimum absolute atomic E-state index is 0.297. The molecule has 0 aliphatic heterocycles. The maximum Gasteiger partial charge on any atom is 0.120 e. The van der Waals surface area contributed by atoms with Crippen LogP contribution in [-0.4, -0.2) is 28.7 Å². The SMILES string of the molecule is CCNC(CCc1nccn1C)COc1cccc(Cl)c1. The molecule has 1 atom stereocenters. The molecule has 1 N–H and O–H groups in total. The molecule has 0 amide bonds. The van der Waals surface area contributed by atoms with E-state index in [-0.39, 0.29) is 0 Å². The van der Waals surface area contributed by atoms with Crippen LogP contribution in [0.2, 0.25) is 5.02 Å². The molecule has 0 aliphatic rings. The van der Waals surface area contributed by atoms with Crippen molar-refractivity contribution in [3.8, 4) is 5.75 Å². The second-order valence-corrected chi connectivity index (χ2v) is 5.45. The van der Waals surface area contributed by atoms with Crippen molar-refractivity contribution < 1.29 is 4.74 Å². The number of imidazole rings is 1. The Labute approximate surface area is 131 Å². The second kappa shape index (κ2) is 8.05. The summed E-state index contributed by atoms with van der Waals surface area (Å²) in [6, 6.07) is 7.80. The van der Waals surface area contributed by atoms with Gasteiger partial charge in [0.2, 0.25) is 0 Å². The van der Waals surface area contributed by atoms with Gasteiger partial charge < -0.3 is 14.6 Å². The first-order valence-corrected chi connectivity index (χ1v) is 7.64. The summed E-state index contributed by atoms with van der Waals surface area (Å²) in [5.41, 5.74) is 0. The van der Waals surface area contributed by atoms with Crippen molar-refractivity contribution in [1.82, 2.24) is 14.9 Å². The lowest BCUT2D eigenvalue weighted by atomic mass is 10.1. The Morgan fingerprint density at radius 2 is 2.29 bits per heavy atom. The monoisotopic (exact) mass is 307 g/mol. The summed E-state index contributed by atoms with van der Waals surface area (Å²) in [6.45, 7) is 3.65. The van der Waals surface area contributed by atoms with Gasteiger partial charge in [-0.15, -0.1) is 0 Å². The lowest BCUT2D eigenvalue weighted by Crippen LogP contribution is -2.35. The van der Waals surface area contributed by atoms with Crippen molar-refractivity contribution in [2.45, 2.75) is 25.8 Å². The molecule has 1 aromatic heterocycles. The van der Waals surface area contributed by atoms with Crippen LogP contribution in [0.25, 0.3) is 0 Å². The Bertz CT molecular complexity index is 556. The number of nitrogens with zero attached hydrogens (tertiary/aromatic N) is 2. The number of aromatic nitrogens is 2. The maximum absolute atomic E-state index is 5.96. The number of hydrogen-bond donors (Lipinski definition) is 1. The highest BCUT2D eigenvalue weighted by molar-refractivity contribution is 6.30. The van der Waals surface area contributed by atoms with Gasteiger partial charge in [0.05, 0.1) is 0 Å². The Balaban J connectivity index is 1.85. The van der Waals surface area contributed by atoms with Gasteiger partial charge in [-0.25, -0.2) is 4.98 Å². The highest BCUT2D eigenvalue weighted by Gasteiger charge is 2.10. The first-order valence-electron chi connectivity index (χ1n) is 7.27. The van der Waals surface area contributed by atoms with E-state index in [0.717, 1.165) is 31.0 Å². The Kier molecular flexibility index (Phi) is 6.08. The van der Waals surface area contributed by atoms with Crippen LogP contribution in [0.3, 0.4) is 0 Å². The van der Waals surface area contributed by atoms with E-state index < -0.39 is 0 Å². The minimum atomic E-state index is 0.297. The smallest absolute Gasteiger partial charge is 0.120 e. The molecule has 1 aromatic carbocycles. The van der Waals surface area contributed by atoms with Crippen LogP contribution in [0.4, 0.5) is 0 Å². The molecule has 0 radical (unpaired) electrons. The van der Waals surface area contributed by atoms with Crippen molar-refractivity contribution in [2.75, 3.05) is 13.2 Å². The van der Waals surface area contributed by atoms with E-state index >= 15 is 0 Å². The van der Waals surface area contributed by atoms with E-state index in [0.29, 0.717) is 17.7 Å². The van der Waals surface area contributed by atoms with Gasteiger partial charge in [-0.2, -0.15) is 0 Å². The standard InChI is InChI=1S/C16H22ClN3O/c1-3-18-14(7-8-16-19-9-10-20(16)2)12-21-15-6-4-5-13(17)11-15/h4-6,9-11,14,18H,3,7-8,12H2,1-2H3. The van der Waals surface area contributed by atoms with Crippen LogP contribution in [0.1, 0.15) is 19.2 Å². The number of rotatable bonds is 8. The fourth-order valence-corrected chi connectivity index (χ4v) is 2.41. The summed E-state index contributed by atoms with van der Waals surface area (Å²) >= 11 is 5.96. The first kappa shape index (κ1) is 15.9. The van der Waals surface area contributed by atoms with Crippen LogP contribution >= 0.6 is 11.6 Å². The molecule has 0 saturated heterocycles. The van der Waals surface area contributed by atoms with Crippen molar-refractivity contribution in [2.24, 2.45) is 7.05 Å². The van der Waals surface area contributed by atoms with Gasteiger partial charge in [0.1, 0.15) is 18.2 Å². The van der Waals surface area contributed by atoms with Gasteiger partial charge in [0, 0.05) is 36.9 Å². The molecule has 0 spiro atoms. The number of hydrogen-bond acceptors (Lipinski definition) is 3. The predicted molar refractivity (Wildman–Crippen MR) is 85.9 cm³/mol. The molecule has 0 saturated carbocycles. The third kappa shape index (κ3) is 5.06. The molecular formula is C16H22ClN3O. The van der Waals surface area contributed by atoms with Gasteiger partial charge in [0.15, 0.2) is 0 Å². The lowest BCUT2D eigenvalue weighted by molar-refractivity contribution is 0.258. The van der Waals surface area contributed by atoms with Crippen LogP contribution < -0.4 is 10.1 Å². The lowest BCUT2D eigenvalue weighted by Gasteiger charge is -2.18. The van der Waals surface area contributed by atoms with Crippen molar-refractivity contribution >= 4 is 11.6 Å². The highest BCUT2D eigenvalue weighted by atomic mass is 35.5. The second-order valence-electron chi connectivity index (χ2n) is 5.02. The van der Waals surface area contributed by atoms with Crippen molar-refractivity contribution in [3.63, 3.8) is 0 Å². The Morgan fingerprint density at radius 3 is 2.95 bits per heavy atom. The third-order valence-corrected chi connectivity index (χ3v) is 3.61. The van der Waals surface area contributed by atoms with E-state index in [1.807, 2.05) is 43.7 Å². The Morgan fingerprint density at radius 1 is 1.43 bits per heavy atom. The molecule has 5 heteroatoms. The summed E-state index contributed by atoms with van der Waals surface area (Å²) in [4.78, 5) is 4.35. The van der Waals surface area contributed by atoms with Gasteiger partial charge in [-0.05, 0) is 31.2 Å². The summed E-state index contributed by atoms with van der Waals surface area (Å²) in [6.07, 6.45) is 5.72. The molecule has 4 nitrogen and oxygen atoms in total. The molecular weight excluding hydrogens is 286 g/mol. The van der Waals surface area contributed by atoms with E-state index in [1.54, 1.807) is 0 Å². The van der Waals surface area contributed by atoms with Crippen molar-refractivity contribution in [3.05, 3.63) is 47.5 Å². The van der Waals surface area contributed by atoms with E-state index in [2.05, 4.69) is 21.8 Å². The van der Waals surface area contributed by atoms with Crippen LogP contribution in [0, 0.1) is 0 Å². The molecule has 2 rings (SSSR count). The molecule has 21 heavy (non-hydrogen) atoms. The number of halogens is 1. The van der Waals surface area contributed by atoms with Gasteiger partial charge in [0.25, 0.3) is 0 Å². The number of ether oxygens (including phenoxy) is 1. The summed E-state index contributed by atoms with van der Waals surface area (Å²) in [5.74, 6) is 1.91. The number of aryl methyl sites for hydroxylation is 2. The molecule has 0 aliphatic carbocycles. The quantitative estimate of drug-likeness (QED) is 0.814. The zero-order valence-corrected chi connectivity index (χ0v) is 13.3. The Hall–Kier alpha value is -1.52. The molecule has 2 aromatic rings. The van der Waals surface area contributed by atoms with Gasteiger partial charge in [-0.3, -0.25) is 0 Å². The normalized spacial score (nSPS) is 12.3. The molecule has 0 bridgehead atoms. The molecule has 1 heterocycles. The zero-order valence-electron chi connectivity index (χ0n) is 12.6. The summed E-state index contributed by atoms with van der Waals surface area (Å²) < 4.78 is 7.88. The maximum atomic E-state index is 5.96. The molecule has 114 valence electrons. The summed E-state index contributed by atoms with van der Waals surface area (Å²) in [7, 11) is 2.02. The number of benzene rings is 1. The largest absolute Gasteiger partial charge is 0.492 e. The molecule has 0 fully saturated rings. The average molecular weight is 308 g/mol. The first-order chi connectivity index (χ1) is 10.2. The van der Waals surface area contributed by atoms with Crippen LogP contribution in [-0.2, 0) is 13.5 Å². The van der Waals surface area contributed by atoms with Crippen LogP contribution in [0.15, 0.2) is 36.7 Å². The zero-order chi connectivity index (χ0) is 15.1. The van der Waals surface area contributed by atoms with Gasteiger partial charge in [-0.1, -0.05) is 24.6 Å².